The third-order valence-corrected chi connectivity index (χ3v) is 18.5. The highest BCUT2D eigenvalue weighted by Gasteiger charge is 2.28. The fourth-order valence-corrected chi connectivity index (χ4v) is 14.6. The van der Waals surface area contributed by atoms with Crippen LogP contribution in [0, 0.1) is 13.8 Å². The molecule has 6 heterocycles. The van der Waals surface area contributed by atoms with Gasteiger partial charge in [-0.1, -0.05) is 183 Å². The fraction of sp³-hybridized carbons (Fsp3) is 0.0370. The van der Waals surface area contributed by atoms with Crippen LogP contribution in [0.15, 0.2) is 264 Å². The lowest BCUT2D eigenvalue weighted by Gasteiger charge is -2.28. The largest absolute Gasteiger partial charge is 0.454 e. The molecule has 0 aliphatic carbocycles. The molecule has 0 amide bonds. The van der Waals surface area contributed by atoms with E-state index in [0.717, 1.165) is 112 Å². The van der Waals surface area contributed by atoms with Gasteiger partial charge in [0, 0.05) is 87.6 Å². The van der Waals surface area contributed by atoms with Gasteiger partial charge in [0.2, 0.25) is 0 Å². The Morgan fingerprint density at radius 1 is 0.356 bits per heavy atom. The Morgan fingerprint density at radius 3 is 1.32 bits per heavy atom. The van der Waals surface area contributed by atoms with Gasteiger partial charge in [-0.15, -0.1) is 0 Å². The van der Waals surface area contributed by atoms with Crippen molar-refractivity contribution in [1.29, 1.82) is 0 Å². The van der Waals surface area contributed by atoms with Crippen LogP contribution in [-0.4, -0.2) is 8.80 Å². The van der Waals surface area contributed by atoms with Gasteiger partial charge >= 0.3 is 0 Å². The van der Waals surface area contributed by atoms with Gasteiger partial charge in [-0.2, -0.15) is 0 Å². The summed E-state index contributed by atoms with van der Waals surface area (Å²) in [6.07, 6.45) is 6.00. The Hall–Kier alpha value is -11.3. The summed E-state index contributed by atoms with van der Waals surface area (Å²) in [4.78, 5) is 4.81. The van der Waals surface area contributed by atoms with Crippen molar-refractivity contribution in [2.45, 2.75) is 20.8 Å². The van der Waals surface area contributed by atoms with Gasteiger partial charge in [-0.05, 0) is 139 Å². The van der Waals surface area contributed by atoms with E-state index in [2.05, 4.69) is 288 Å². The highest BCUT2D eigenvalue weighted by atomic mass is 16.3. The lowest BCUT2D eigenvalue weighted by Crippen LogP contribution is -2.12. The molecular weight excluding hydrogens is 1060 g/mol. The minimum absolute atomic E-state index is 0.752. The van der Waals surface area contributed by atoms with Crippen molar-refractivity contribution in [2.24, 2.45) is 0 Å². The van der Waals surface area contributed by atoms with Crippen LogP contribution in [0.5, 0.6) is 0 Å². The average molecular weight is 1120 g/mol. The van der Waals surface area contributed by atoms with Crippen LogP contribution in [-0.2, 0) is 0 Å². The Balaban J connectivity index is 0.829. The van der Waals surface area contributed by atoms with Gasteiger partial charge in [-0.25, -0.2) is 0 Å². The monoisotopic (exact) mass is 1110 g/mol. The van der Waals surface area contributed by atoms with Crippen LogP contribution in [0.3, 0.4) is 0 Å². The Bertz CT molecular complexity index is 5900. The molecule has 12 aromatic carbocycles. The highest BCUT2D eigenvalue weighted by Crippen LogP contribution is 2.51. The molecule has 0 spiro atoms. The third-order valence-electron chi connectivity index (χ3n) is 18.5. The Labute approximate surface area is 500 Å². The van der Waals surface area contributed by atoms with Crippen molar-refractivity contribution in [3.63, 3.8) is 0 Å². The molecule has 87 heavy (non-hydrogen) atoms. The molecule has 18 aromatic rings. The standard InChI is InChI=1S/C81H54N4O2/c1-5-19-56-62-29-17-31-70(80(62)86-76(56)6-2)82(72-42-52(36-34-48(72)3)50-20-9-7-10-21-50)54-38-40-68-64(44-54)58-25-15-27-60-66-47-75-67(46-74(66)84(68)78(58)60)61-28-16-26-59-65-45-55(39-41-69(65)85(75)79(59)61)83(73-43-53(37-35-49(73)4)51-22-11-8-12-23-51)71-32-18-30-63-57-24-13-14-33-77(57)87-81(63)71/h5-47H,2H2,1,3-4H3/b19-5-. The maximum Gasteiger partial charge on any atom is 0.159 e. The van der Waals surface area contributed by atoms with Crippen LogP contribution in [0.2, 0.25) is 0 Å². The van der Waals surface area contributed by atoms with E-state index in [0.29, 0.717) is 0 Å². The molecule has 6 nitrogen and oxygen atoms in total. The number of furan rings is 2. The number of hydrogen-bond acceptors (Lipinski definition) is 4. The maximum absolute atomic E-state index is 6.82. The summed E-state index contributed by atoms with van der Waals surface area (Å²) in [6.45, 7) is 10.6. The van der Waals surface area contributed by atoms with Crippen LogP contribution in [0.1, 0.15) is 29.4 Å². The number of para-hydroxylation sites is 5. The molecule has 0 radical (unpaired) electrons. The zero-order chi connectivity index (χ0) is 57.8. The second-order valence-corrected chi connectivity index (χ2v) is 23.3. The van der Waals surface area contributed by atoms with Crippen molar-refractivity contribution < 1.29 is 8.83 Å². The van der Waals surface area contributed by atoms with Crippen LogP contribution >= 0.6 is 0 Å². The number of allylic oxidation sites excluding steroid dienone is 1. The molecule has 0 N–H and O–H groups in total. The van der Waals surface area contributed by atoms with E-state index in [1.54, 1.807) is 0 Å². The third kappa shape index (κ3) is 7.04. The van der Waals surface area contributed by atoms with E-state index < -0.39 is 0 Å². The van der Waals surface area contributed by atoms with Crippen LogP contribution in [0.4, 0.5) is 34.1 Å². The lowest BCUT2D eigenvalue weighted by molar-refractivity contribution is 0.604. The summed E-state index contributed by atoms with van der Waals surface area (Å²) in [5.41, 5.74) is 23.9. The van der Waals surface area contributed by atoms with Gasteiger partial charge in [0.05, 0.1) is 44.5 Å². The summed E-state index contributed by atoms with van der Waals surface area (Å²) >= 11 is 0. The number of fused-ring (bicyclic) bond motifs is 16. The molecule has 410 valence electrons. The fourth-order valence-electron chi connectivity index (χ4n) is 14.6. The first-order chi connectivity index (χ1) is 42.9. The van der Waals surface area contributed by atoms with Crippen molar-refractivity contribution >= 4 is 155 Å². The number of hydrogen-bond donors (Lipinski definition) is 0. The molecule has 0 unspecified atom stereocenters. The molecule has 0 aliphatic rings. The van der Waals surface area contributed by atoms with Crippen LogP contribution < -0.4 is 9.80 Å². The quantitative estimate of drug-likeness (QED) is 0.137. The van der Waals surface area contributed by atoms with Gasteiger partial charge in [0.15, 0.2) is 11.2 Å². The first kappa shape index (κ1) is 49.1. The highest BCUT2D eigenvalue weighted by molar-refractivity contribution is 6.29. The SMILES string of the molecule is C=Cc1oc2c(N(c3ccc4c(c3)c3cccc5c6cc7c(cc6n4c35)c3cccc4c5cc(N(c6cc(-c8ccccc8)ccc6C)c6cccc8c6oc6ccccc68)ccc5n7c43)c3cc(-c4ccccc4)ccc3C)cccc2c1/C=C\C. The minimum Gasteiger partial charge on any atom is -0.454 e. The summed E-state index contributed by atoms with van der Waals surface area (Å²) in [5.74, 6) is 0.752. The van der Waals surface area contributed by atoms with E-state index in [9.17, 15) is 0 Å². The smallest absolute Gasteiger partial charge is 0.159 e. The van der Waals surface area contributed by atoms with Crippen molar-refractivity contribution in [3.8, 4) is 22.3 Å². The van der Waals surface area contributed by atoms with Crippen molar-refractivity contribution in [3.05, 3.63) is 278 Å². The number of nitrogens with zero attached hydrogens (tertiary/aromatic N) is 4. The summed E-state index contributed by atoms with van der Waals surface area (Å²) < 4.78 is 18.7. The van der Waals surface area contributed by atoms with E-state index >= 15 is 0 Å². The first-order valence-corrected chi connectivity index (χ1v) is 29.9. The molecule has 0 aliphatic heterocycles. The van der Waals surface area contributed by atoms with Gasteiger partial charge < -0.3 is 27.4 Å². The molecular formula is C81H54N4O2. The van der Waals surface area contributed by atoms with Gasteiger partial charge in [-0.3, -0.25) is 0 Å². The zero-order valence-corrected chi connectivity index (χ0v) is 48.1. The summed E-state index contributed by atoms with van der Waals surface area (Å²) in [6, 6.07) is 88.9. The zero-order valence-electron chi connectivity index (χ0n) is 48.1. The minimum atomic E-state index is 0.752. The summed E-state index contributed by atoms with van der Waals surface area (Å²) in [5, 5.41) is 13.0. The lowest BCUT2D eigenvalue weighted by atomic mass is 10.0. The summed E-state index contributed by atoms with van der Waals surface area (Å²) in [7, 11) is 0. The number of rotatable bonds is 10. The van der Waals surface area contributed by atoms with Gasteiger partial charge in [0.1, 0.15) is 11.3 Å². The van der Waals surface area contributed by atoms with Crippen LogP contribution in [0.25, 0.3) is 144 Å². The molecule has 18 rings (SSSR count). The molecule has 6 aromatic heterocycles. The Kier molecular flexibility index (Phi) is 10.5. The Morgan fingerprint density at radius 2 is 0.805 bits per heavy atom. The predicted octanol–water partition coefficient (Wildman–Crippen LogP) is 23.2. The molecule has 0 bridgehead atoms. The molecule has 0 atom stereocenters. The number of anilines is 6. The topological polar surface area (TPSA) is 41.6 Å². The van der Waals surface area contributed by atoms with E-state index in [1.165, 1.54) is 76.2 Å². The molecule has 0 fully saturated rings. The van der Waals surface area contributed by atoms with Crippen molar-refractivity contribution in [2.75, 3.05) is 9.80 Å². The molecule has 6 heteroatoms. The second-order valence-electron chi connectivity index (χ2n) is 23.3. The van der Waals surface area contributed by atoms with Crippen molar-refractivity contribution in [1.82, 2.24) is 8.80 Å². The first-order valence-electron chi connectivity index (χ1n) is 29.9. The normalized spacial score (nSPS) is 12.3. The van der Waals surface area contributed by atoms with E-state index in [1.807, 2.05) is 19.1 Å². The average Bonchev–Trinajstić information content (AvgIpc) is 1.58. The molecule has 0 saturated heterocycles. The van der Waals surface area contributed by atoms with Gasteiger partial charge in [0.25, 0.3) is 0 Å². The molecule has 0 saturated carbocycles. The second kappa shape index (κ2) is 18.6. The van der Waals surface area contributed by atoms with E-state index in [4.69, 9.17) is 8.83 Å². The van der Waals surface area contributed by atoms with E-state index in [-0.39, 0.29) is 0 Å². The predicted molar refractivity (Wildman–Crippen MR) is 367 cm³/mol. The number of aryl methyl sites for hydroxylation is 2. The maximum atomic E-state index is 6.82. The number of benzene rings is 12. The number of aromatic nitrogens is 2.